The monoisotopic (exact) mass is 343 g/mol. The summed E-state index contributed by atoms with van der Waals surface area (Å²) in [7, 11) is -3.39. The highest BCUT2D eigenvalue weighted by Gasteiger charge is 2.62. The van der Waals surface area contributed by atoms with Gasteiger partial charge in [0.15, 0.2) is 0 Å². The average Bonchev–Trinajstić information content (AvgIpc) is 2.80. The molecule has 0 radical (unpaired) electrons. The topological polar surface area (TPSA) is 90.3 Å². The van der Waals surface area contributed by atoms with Gasteiger partial charge in [0.05, 0.1) is 6.26 Å². The minimum atomic E-state index is -5.02. The smallest absolute Gasteiger partial charge is 0.362 e. The van der Waals surface area contributed by atoms with E-state index in [0.29, 0.717) is 0 Å². The van der Waals surface area contributed by atoms with Gasteiger partial charge in [-0.05, 0) is 12.8 Å². The van der Waals surface area contributed by atoms with E-state index in [0.717, 1.165) is 12.5 Å². The van der Waals surface area contributed by atoms with Gasteiger partial charge in [-0.3, -0.25) is 4.79 Å². The first kappa shape index (κ1) is 17.2. The maximum atomic E-state index is 12.9. The molecule has 1 N–H and O–H groups in total. The number of alkyl halides is 3. The van der Waals surface area contributed by atoms with Crippen molar-refractivity contribution in [1.29, 1.82) is 0 Å². The van der Waals surface area contributed by atoms with Crippen LogP contribution in [0.2, 0.25) is 0 Å². The van der Waals surface area contributed by atoms with Crippen LogP contribution in [0.1, 0.15) is 19.3 Å². The van der Waals surface area contributed by atoms with Gasteiger partial charge in [-0.25, -0.2) is 12.7 Å². The Labute approximate surface area is 125 Å². The van der Waals surface area contributed by atoms with Crippen LogP contribution in [0.3, 0.4) is 0 Å². The number of rotatable bonds is 2. The Hall–Kier alpha value is -1.20. The molecule has 1 fully saturated rings. The van der Waals surface area contributed by atoms with Crippen LogP contribution in [0.25, 0.3) is 0 Å². The van der Waals surface area contributed by atoms with Crippen molar-refractivity contribution >= 4 is 22.1 Å². The van der Waals surface area contributed by atoms with Crippen molar-refractivity contribution in [2.45, 2.75) is 31.2 Å². The van der Waals surface area contributed by atoms with Crippen molar-refractivity contribution in [2.75, 3.05) is 19.3 Å². The Morgan fingerprint density at radius 2 is 1.91 bits per heavy atom. The standard InChI is InChI=1S/C11H16F3N3O4S/c1-22(20,21)16-6-2-8(3-7-16)9(18)17-10(19,4-5-15-17)11(12,13)14/h5,8,19H,2-4,6-7H2,1H3/t10-/m1/s1. The Kier molecular flexibility index (Phi) is 4.26. The molecule has 22 heavy (non-hydrogen) atoms. The summed E-state index contributed by atoms with van der Waals surface area (Å²) in [6, 6.07) is 0. The molecular formula is C11H16F3N3O4S. The van der Waals surface area contributed by atoms with Crippen molar-refractivity contribution in [3.63, 3.8) is 0 Å². The van der Waals surface area contributed by atoms with Crippen molar-refractivity contribution < 1.29 is 31.5 Å². The molecule has 0 bridgehead atoms. The van der Waals surface area contributed by atoms with Crippen LogP contribution in [0.5, 0.6) is 0 Å². The quantitative estimate of drug-likeness (QED) is 0.771. The zero-order valence-corrected chi connectivity index (χ0v) is 12.6. The number of nitrogens with zero attached hydrogens (tertiary/aromatic N) is 3. The van der Waals surface area contributed by atoms with Gasteiger partial charge in [-0.1, -0.05) is 0 Å². The predicted octanol–water partition coefficient (Wildman–Crippen LogP) is 0.127. The summed E-state index contributed by atoms with van der Waals surface area (Å²) in [5.74, 6) is -1.75. The number of piperidine rings is 1. The van der Waals surface area contributed by atoms with E-state index in [1.165, 1.54) is 4.31 Å². The fourth-order valence-corrected chi connectivity index (χ4v) is 3.39. The summed E-state index contributed by atoms with van der Waals surface area (Å²) >= 11 is 0. The second-order valence-electron chi connectivity index (χ2n) is 5.40. The lowest BCUT2D eigenvalue weighted by molar-refractivity contribution is -0.303. The molecule has 7 nitrogen and oxygen atoms in total. The number of sulfonamides is 1. The number of amides is 1. The SMILES string of the molecule is CS(=O)(=O)N1CCC(C(=O)N2N=CC[C@@]2(O)C(F)(F)F)CC1. The van der Waals surface area contributed by atoms with Gasteiger partial charge < -0.3 is 5.11 Å². The number of aliphatic hydroxyl groups is 1. The molecule has 0 aliphatic carbocycles. The van der Waals surface area contributed by atoms with Gasteiger partial charge in [-0.2, -0.15) is 23.3 Å². The molecule has 0 aromatic heterocycles. The van der Waals surface area contributed by atoms with Crippen LogP contribution in [0.4, 0.5) is 13.2 Å². The number of halogens is 3. The van der Waals surface area contributed by atoms with Gasteiger partial charge in [0.1, 0.15) is 0 Å². The number of hydrogen-bond acceptors (Lipinski definition) is 5. The summed E-state index contributed by atoms with van der Waals surface area (Å²) in [4.78, 5) is 12.2. The number of carbonyl (C=O) groups excluding carboxylic acids is 1. The van der Waals surface area contributed by atoms with Crippen molar-refractivity contribution in [3.05, 3.63) is 0 Å². The molecule has 11 heteroatoms. The minimum Gasteiger partial charge on any atom is -0.362 e. The summed E-state index contributed by atoms with van der Waals surface area (Å²) < 4.78 is 62.7. The van der Waals surface area contributed by atoms with Crippen LogP contribution in [-0.4, -0.2) is 66.2 Å². The molecule has 2 aliphatic heterocycles. The van der Waals surface area contributed by atoms with Crippen LogP contribution in [0, 0.1) is 5.92 Å². The Morgan fingerprint density at radius 3 is 2.36 bits per heavy atom. The van der Waals surface area contributed by atoms with E-state index in [9.17, 15) is 31.5 Å². The van der Waals surface area contributed by atoms with Gasteiger partial charge in [0.25, 0.3) is 5.72 Å². The fourth-order valence-electron chi connectivity index (χ4n) is 2.51. The van der Waals surface area contributed by atoms with E-state index in [4.69, 9.17) is 0 Å². The summed E-state index contributed by atoms with van der Waals surface area (Å²) in [6.45, 7) is 0.106. The van der Waals surface area contributed by atoms with Gasteiger partial charge in [0, 0.05) is 31.6 Å². The third-order valence-corrected chi connectivity index (χ3v) is 5.16. The third-order valence-electron chi connectivity index (χ3n) is 3.86. The Bertz CT molecular complexity index is 584. The van der Waals surface area contributed by atoms with E-state index < -0.39 is 40.2 Å². The largest absolute Gasteiger partial charge is 0.438 e. The van der Waals surface area contributed by atoms with E-state index in [-0.39, 0.29) is 30.9 Å². The second kappa shape index (κ2) is 5.46. The number of carbonyl (C=O) groups is 1. The van der Waals surface area contributed by atoms with Crippen LogP contribution in [-0.2, 0) is 14.8 Å². The van der Waals surface area contributed by atoms with E-state index >= 15 is 0 Å². The van der Waals surface area contributed by atoms with Crippen LogP contribution in [0.15, 0.2) is 5.10 Å². The predicted molar refractivity (Wildman–Crippen MR) is 70.1 cm³/mol. The van der Waals surface area contributed by atoms with Crippen molar-refractivity contribution in [1.82, 2.24) is 9.31 Å². The zero-order valence-electron chi connectivity index (χ0n) is 11.7. The molecule has 2 heterocycles. The molecule has 0 aromatic carbocycles. The second-order valence-corrected chi connectivity index (χ2v) is 7.39. The molecule has 2 rings (SSSR count). The molecule has 0 spiro atoms. The lowest BCUT2D eigenvalue weighted by Crippen LogP contribution is -2.58. The van der Waals surface area contributed by atoms with Crippen molar-refractivity contribution in [2.24, 2.45) is 11.0 Å². The molecule has 1 saturated heterocycles. The number of hydrogen-bond donors (Lipinski definition) is 1. The minimum absolute atomic E-state index is 0.0528. The maximum Gasteiger partial charge on any atom is 0.438 e. The first-order valence-electron chi connectivity index (χ1n) is 6.57. The van der Waals surface area contributed by atoms with E-state index in [2.05, 4.69) is 5.10 Å². The first-order chi connectivity index (χ1) is 9.97. The normalized spacial score (nSPS) is 28.3. The summed E-state index contributed by atoms with van der Waals surface area (Å²) in [5, 5.41) is 13.2. The summed E-state index contributed by atoms with van der Waals surface area (Å²) in [5.41, 5.74) is -3.32. The highest BCUT2D eigenvalue weighted by Crippen LogP contribution is 2.40. The molecule has 126 valence electrons. The van der Waals surface area contributed by atoms with Gasteiger partial charge in [0.2, 0.25) is 15.9 Å². The average molecular weight is 343 g/mol. The lowest BCUT2D eigenvalue weighted by atomic mass is 9.96. The molecule has 0 aromatic rings. The summed E-state index contributed by atoms with van der Waals surface area (Å²) in [6.07, 6.45) is -3.78. The highest BCUT2D eigenvalue weighted by molar-refractivity contribution is 7.88. The van der Waals surface area contributed by atoms with Crippen LogP contribution < -0.4 is 0 Å². The number of hydrazone groups is 1. The molecule has 1 atom stereocenters. The van der Waals surface area contributed by atoms with Gasteiger partial charge >= 0.3 is 6.18 Å². The fraction of sp³-hybridized carbons (Fsp3) is 0.818. The molecule has 0 saturated carbocycles. The van der Waals surface area contributed by atoms with E-state index in [1.807, 2.05) is 0 Å². The van der Waals surface area contributed by atoms with Gasteiger partial charge in [-0.15, -0.1) is 0 Å². The van der Waals surface area contributed by atoms with Crippen molar-refractivity contribution in [3.8, 4) is 0 Å². The maximum absolute atomic E-state index is 12.9. The van der Waals surface area contributed by atoms with E-state index in [1.54, 1.807) is 0 Å². The zero-order chi connectivity index (χ0) is 16.8. The molecule has 1 amide bonds. The first-order valence-corrected chi connectivity index (χ1v) is 8.42. The Balaban J connectivity index is 2.09. The lowest BCUT2D eigenvalue weighted by Gasteiger charge is -2.36. The third kappa shape index (κ3) is 2.97. The molecular weight excluding hydrogens is 327 g/mol. The molecule has 0 unspecified atom stereocenters. The Morgan fingerprint density at radius 1 is 1.36 bits per heavy atom. The molecule has 2 aliphatic rings. The van der Waals surface area contributed by atoms with Crippen LogP contribution >= 0.6 is 0 Å². The highest BCUT2D eigenvalue weighted by atomic mass is 32.2.